The van der Waals surface area contributed by atoms with Crippen LogP contribution in [-0.4, -0.2) is 38.3 Å². The number of anilines is 2. The highest BCUT2D eigenvalue weighted by Crippen LogP contribution is 2.30. The predicted molar refractivity (Wildman–Crippen MR) is 96.8 cm³/mol. The Labute approximate surface area is 144 Å². The standard InChI is InChI=1S/C19H15N5O/c1-23(15-7-3-2-4-8-15)18-16-10-9-14(6-5-11-25)12-17(16)24-13-20-22-19(24)21-18/h2-4,7-10,12-13,25H,11H2,1H3. The van der Waals surface area contributed by atoms with Crippen molar-refractivity contribution in [3.63, 3.8) is 0 Å². The van der Waals surface area contributed by atoms with Gasteiger partial charge in [0.1, 0.15) is 18.8 Å². The molecule has 0 aliphatic carbocycles. The summed E-state index contributed by atoms with van der Waals surface area (Å²) in [6, 6.07) is 15.9. The predicted octanol–water partition coefficient (Wildman–Crippen LogP) is 2.39. The molecule has 2 aromatic carbocycles. The number of hydrogen-bond acceptors (Lipinski definition) is 5. The van der Waals surface area contributed by atoms with Crippen molar-refractivity contribution in [1.82, 2.24) is 19.6 Å². The molecule has 0 saturated heterocycles. The maximum atomic E-state index is 8.91. The lowest BCUT2D eigenvalue weighted by Crippen LogP contribution is -2.12. The molecule has 1 N–H and O–H groups in total. The van der Waals surface area contributed by atoms with E-state index in [2.05, 4.69) is 27.0 Å². The highest BCUT2D eigenvalue weighted by Gasteiger charge is 2.14. The van der Waals surface area contributed by atoms with Crippen LogP contribution in [0.5, 0.6) is 0 Å². The highest BCUT2D eigenvalue weighted by atomic mass is 16.2. The van der Waals surface area contributed by atoms with Gasteiger partial charge in [0.25, 0.3) is 5.78 Å². The number of nitrogens with zero attached hydrogens (tertiary/aromatic N) is 5. The maximum absolute atomic E-state index is 8.91. The van der Waals surface area contributed by atoms with E-state index in [-0.39, 0.29) is 6.61 Å². The minimum absolute atomic E-state index is 0.168. The van der Waals surface area contributed by atoms with Crippen LogP contribution in [0.1, 0.15) is 5.56 Å². The number of hydrogen-bond donors (Lipinski definition) is 1. The Morgan fingerprint density at radius 2 is 2.00 bits per heavy atom. The van der Waals surface area contributed by atoms with Crippen LogP contribution < -0.4 is 4.90 Å². The summed E-state index contributed by atoms with van der Waals surface area (Å²) in [7, 11) is 1.98. The van der Waals surface area contributed by atoms with Crippen molar-refractivity contribution in [2.45, 2.75) is 0 Å². The molecule has 0 spiro atoms. The van der Waals surface area contributed by atoms with E-state index in [4.69, 9.17) is 5.11 Å². The number of aromatic nitrogens is 4. The number of rotatable bonds is 2. The fourth-order valence-corrected chi connectivity index (χ4v) is 2.80. The van der Waals surface area contributed by atoms with E-state index in [0.717, 1.165) is 28.0 Å². The summed E-state index contributed by atoms with van der Waals surface area (Å²) in [5, 5.41) is 17.9. The third-order valence-corrected chi connectivity index (χ3v) is 4.01. The molecule has 6 heteroatoms. The molecule has 0 saturated carbocycles. The number of benzene rings is 2. The SMILES string of the molecule is CN(c1ccccc1)c1nc2nncn2c2cc(C#CCO)ccc12. The second-order valence-corrected chi connectivity index (χ2v) is 5.52. The first-order valence-corrected chi connectivity index (χ1v) is 7.80. The van der Waals surface area contributed by atoms with E-state index in [1.165, 1.54) is 0 Å². The van der Waals surface area contributed by atoms with Crippen molar-refractivity contribution < 1.29 is 5.11 Å². The van der Waals surface area contributed by atoms with Gasteiger partial charge in [-0.05, 0) is 30.3 Å². The van der Waals surface area contributed by atoms with Gasteiger partial charge in [-0.3, -0.25) is 4.40 Å². The normalized spacial score (nSPS) is 10.6. The van der Waals surface area contributed by atoms with Crippen LogP contribution >= 0.6 is 0 Å². The van der Waals surface area contributed by atoms with E-state index in [0.29, 0.717) is 5.78 Å². The molecule has 122 valence electrons. The fraction of sp³-hybridized carbons (Fsp3) is 0.105. The average Bonchev–Trinajstić information content (AvgIpc) is 3.14. The zero-order valence-electron chi connectivity index (χ0n) is 13.6. The monoisotopic (exact) mass is 329 g/mol. The Morgan fingerprint density at radius 1 is 1.16 bits per heavy atom. The Hall–Kier alpha value is -3.43. The van der Waals surface area contributed by atoms with E-state index in [1.807, 2.05) is 64.9 Å². The van der Waals surface area contributed by atoms with Crippen molar-refractivity contribution >= 4 is 28.2 Å². The molecule has 0 atom stereocenters. The third-order valence-electron chi connectivity index (χ3n) is 4.01. The zero-order valence-corrected chi connectivity index (χ0v) is 13.6. The fourth-order valence-electron chi connectivity index (χ4n) is 2.80. The van der Waals surface area contributed by atoms with Crippen LogP contribution in [-0.2, 0) is 0 Å². The highest BCUT2D eigenvalue weighted by molar-refractivity contribution is 5.94. The molecule has 0 radical (unpaired) electrons. The molecule has 0 aliphatic heterocycles. The lowest BCUT2D eigenvalue weighted by atomic mass is 10.1. The smallest absolute Gasteiger partial charge is 0.257 e. The summed E-state index contributed by atoms with van der Waals surface area (Å²) in [4.78, 5) is 6.69. The van der Waals surface area contributed by atoms with Gasteiger partial charge in [-0.25, -0.2) is 0 Å². The van der Waals surface area contributed by atoms with Gasteiger partial charge in [-0.15, -0.1) is 10.2 Å². The third kappa shape index (κ3) is 2.67. The first-order valence-electron chi connectivity index (χ1n) is 7.80. The molecule has 0 aliphatic rings. The van der Waals surface area contributed by atoms with E-state index in [9.17, 15) is 0 Å². The lowest BCUT2D eigenvalue weighted by molar-refractivity contribution is 0.350. The van der Waals surface area contributed by atoms with Crippen LogP contribution in [0.15, 0.2) is 54.9 Å². The molecular weight excluding hydrogens is 314 g/mol. The van der Waals surface area contributed by atoms with Gasteiger partial charge in [0.05, 0.1) is 5.52 Å². The van der Waals surface area contributed by atoms with Crippen LogP contribution in [0, 0.1) is 11.8 Å². The molecule has 2 heterocycles. The second kappa shape index (κ2) is 6.23. The van der Waals surface area contributed by atoms with Crippen LogP contribution in [0.4, 0.5) is 11.5 Å². The van der Waals surface area contributed by atoms with Gasteiger partial charge >= 0.3 is 0 Å². The Kier molecular flexibility index (Phi) is 3.77. The quantitative estimate of drug-likeness (QED) is 0.572. The van der Waals surface area contributed by atoms with Gasteiger partial charge in [-0.1, -0.05) is 30.0 Å². The van der Waals surface area contributed by atoms with Gasteiger partial charge in [0.2, 0.25) is 0 Å². The van der Waals surface area contributed by atoms with E-state index in [1.54, 1.807) is 6.33 Å². The van der Waals surface area contributed by atoms with E-state index >= 15 is 0 Å². The van der Waals surface area contributed by atoms with Crippen LogP contribution in [0.3, 0.4) is 0 Å². The maximum Gasteiger partial charge on any atom is 0.257 e. The summed E-state index contributed by atoms with van der Waals surface area (Å²) in [6.07, 6.45) is 1.64. The summed E-state index contributed by atoms with van der Waals surface area (Å²) in [5.41, 5.74) is 2.76. The molecule has 6 nitrogen and oxygen atoms in total. The first-order chi connectivity index (χ1) is 12.3. The van der Waals surface area contributed by atoms with Gasteiger partial charge in [0.15, 0.2) is 0 Å². The molecule has 0 amide bonds. The van der Waals surface area contributed by atoms with Crippen molar-refractivity contribution in [2.24, 2.45) is 0 Å². The summed E-state index contributed by atoms with van der Waals surface area (Å²) >= 11 is 0. The number of para-hydroxylation sites is 1. The topological polar surface area (TPSA) is 66.6 Å². The van der Waals surface area contributed by atoms with Crippen molar-refractivity contribution in [3.8, 4) is 11.8 Å². The van der Waals surface area contributed by atoms with Crippen LogP contribution in [0.2, 0.25) is 0 Å². The molecule has 0 unspecified atom stereocenters. The minimum Gasteiger partial charge on any atom is -0.384 e. The first kappa shape index (κ1) is 15.1. The molecule has 0 fully saturated rings. The molecule has 0 bridgehead atoms. The Morgan fingerprint density at radius 3 is 2.80 bits per heavy atom. The summed E-state index contributed by atoms with van der Waals surface area (Å²) in [6.45, 7) is -0.168. The average molecular weight is 329 g/mol. The Bertz CT molecular complexity index is 1110. The van der Waals surface area contributed by atoms with E-state index < -0.39 is 0 Å². The van der Waals surface area contributed by atoms with Crippen molar-refractivity contribution in [2.75, 3.05) is 18.6 Å². The number of aliphatic hydroxyl groups is 1. The van der Waals surface area contributed by atoms with Gasteiger partial charge < -0.3 is 10.0 Å². The van der Waals surface area contributed by atoms with Gasteiger partial charge in [-0.2, -0.15) is 4.98 Å². The van der Waals surface area contributed by atoms with Crippen LogP contribution in [0.25, 0.3) is 16.7 Å². The molecule has 2 aromatic heterocycles. The zero-order chi connectivity index (χ0) is 17.2. The minimum atomic E-state index is -0.168. The largest absolute Gasteiger partial charge is 0.384 e. The molecule has 4 aromatic rings. The Balaban J connectivity index is 1.97. The molecule has 4 rings (SSSR count). The van der Waals surface area contributed by atoms with Crippen molar-refractivity contribution in [1.29, 1.82) is 0 Å². The second-order valence-electron chi connectivity index (χ2n) is 5.52. The van der Waals surface area contributed by atoms with Gasteiger partial charge in [0, 0.05) is 23.7 Å². The molecule has 25 heavy (non-hydrogen) atoms. The summed E-state index contributed by atoms with van der Waals surface area (Å²) in [5.74, 6) is 6.93. The molecular formula is C19H15N5O. The lowest BCUT2D eigenvalue weighted by Gasteiger charge is -2.20. The van der Waals surface area contributed by atoms with Crippen molar-refractivity contribution in [3.05, 3.63) is 60.4 Å². The number of aliphatic hydroxyl groups excluding tert-OH is 1. The summed E-state index contributed by atoms with van der Waals surface area (Å²) < 4.78 is 1.84. The number of fused-ring (bicyclic) bond motifs is 3.